The predicted molar refractivity (Wildman–Crippen MR) is 84.0 cm³/mol. The van der Waals surface area contributed by atoms with Crippen LogP contribution < -0.4 is 15.0 Å². The molecule has 7 nitrogen and oxygen atoms in total. The number of hydrogen-bond donors (Lipinski definition) is 2. The summed E-state index contributed by atoms with van der Waals surface area (Å²) >= 11 is 0. The van der Waals surface area contributed by atoms with Crippen LogP contribution in [0.3, 0.4) is 0 Å². The van der Waals surface area contributed by atoms with Gasteiger partial charge < -0.3 is 15.0 Å². The van der Waals surface area contributed by atoms with Crippen LogP contribution in [-0.2, 0) is 16.1 Å². The summed E-state index contributed by atoms with van der Waals surface area (Å²) in [4.78, 5) is 25.8. The van der Waals surface area contributed by atoms with E-state index in [1.807, 2.05) is 0 Å². The lowest BCUT2D eigenvalue weighted by Gasteiger charge is -2.15. The molecule has 1 fully saturated rings. The molecule has 1 aromatic heterocycles. The molecule has 0 bridgehead atoms. The summed E-state index contributed by atoms with van der Waals surface area (Å²) in [7, 11) is 0. The Bertz CT molecular complexity index is 792. The highest BCUT2D eigenvalue weighted by atomic mass is 19.4. The normalized spacial score (nSPS) is 17.4. The average Bonchev–Trinajstić information content (AvgIpc) is 3.21. The monoisotopic (exact) mass is 368 g/mol. The third-order valence-electron chi connectivity index (χ3n) is 3.94. The largest absolute Gasteiger partial charge is 0.573 e. The summed E-state index contributed by atoms with van der Waals surface area (Å²) in [5.74, 6) is -1.59. The number of carbonyl (C=O) groups is 2. The van der Waals surface area contributed by atoms with E-state index in [0.29, 0.717) is 5.69 Å². The molecule has 0 radical (unpaired) electrons. The molecular weight excluding hydrogens is 353 g/mol. The molecule has 26 heavy (non-hydrogen) atoms. The van der Waals surface area contributed by atoms with Crippen molar-refractivity contribution in [2.24, 2.45) is 5.92 Å². The third kappa shape index (κ3) is 4.13. The molecule has 1 aliphatic rings. The van der Waals surface area contributed by atoms with E-state index in [1.54, 1.807) is 12.3 Å². The number of aromatic nitrogens is 2. The van der Waals surface area contributed by atoms with E-state index in [0.717, 1.165) is 0 Å². The van der Waals surface area contributed by atoms with Crippen molar-refractivity contribution in [1.82, 2.24) is 15.5 Å². The Labute approximate surface area is 146 Å². The number of ether oxygens (including phenoxy) is 1. The lowest BCUT2D eigenvalue weighted by Crippen LogP contribution is -2.32. The van der Waals surface area contributed by atoms with Crippen molar-refractivity contribution in [3.05, 3.63) is 42.2 Å². The Kier molecular flexibility index (Phi) is 4.83. The minimum absolute atomic E-state index is 0.0255. The topological polar surface area (TPSA) is 87.3 Å². The first kappa shape index (κ1) is 17.8. The number of para-hydroxylation sites is 1. The van der Waals surface area contributed by atoms with Crippen molar-refractivity contribution in [2.45, 2.75) is 19.3 Å². The Morgan fingerprint density at radius 3 is 2.85 bits per heavy atom. The first-order valence-corrected chi connectivity index (χ1v) is 7.74. The van der Waals surface area contributed by atoms with E-state index in [4.69, 9.17) is 0 Å². The smallest absolute Gasteiger partial charge is 0.405 e. The van der Waals surface area contributed by atoms with Crippen LogP contribution in [0.4, 0.5) is 18.9 Å². The van der Waals surface area contributed by atoms with Crippen LogP contribution in [-0.4, -0.2) is 34.9 Å². The van der Waals surface area contributed by atoms with Gasteiger partial charge in [-0.15, -0.1) is 13.2 Å². The zero-order valence-electron chi connectivity index (χ0n) is 13.4. The predicted octanol–water partition coefficient (Wildman–Crippen LogP) is 1.98. The summed E-state index contributed by atoms with van der Waals surface area (Å²) in [5, 5.41) is 8.92. The number of aromatic amines is 1. The Morgan fingerprint density at radius 2 is 2.15 bits per heavy atom. The van der Waals surface area contributed by atoms with Gasteiger partial charge in [-0.3, -0.25) is 14.7 Å². The Hall–Kier alpha value is -3.04. The molecule has 10 heteroatoms. The van der Waals surface area contributed by atoms with Crippen molar-refractivity contribution < 1.29 is 27.5 Å². The van der Waals surface area contributed by atoms with Crippen molar-refractivity contribution in [3.8, 4) is 5.75 Å². The highest BCUT2D eigenvalue weighted by Gasteiger charge is 2.36. The minimum Gasteiger partial charge on any atom is -0.405 e. The number of nitrogens with one attached hydrogen (secondary N) is 2. The van der Waals surface area contributed by atoms with E-state index in [1.165, 1.54) is 29.3 Å². The first-order chi connectivity index (χ1) is 12.3. The zero-order valence-corrected chi connectivity index (χ0v) is 13.4. The minimum atomic E-state index is -4.82. The molecule has 2 heterocycles. The van der Waals surface area contributed by atoms with Gasteiger partial charge in [-0.05, 0) is 6.07 Å². The Balaban J connectivity index is 1.61. The van der Waals surface area contributed by atoms with E-state index in [2.05, 4.69) is 20.3 Å². The number of nitrogens with zero attached hydrogens (tertiary/aromatic N) is 2. The van der Waals surface area contributed by atoms with Crippen LogP contribution >= 0.6 is 0 Å². The van der Waals surface area contributed by atoms with Crippen LogP contribution in [0.25, 0.3) is 0 Å². The molecule has 0 saturated carbocycles. The fourth-order valence-electron chi connectivity index (χ4n) is 2.73. The number of H-pyrrole nitrogens is 1. The number of amides is 2. The number of carbonyl (C=O) groups excluding carboxylic acids is 2. The van der Waals surface area contributed by atoms with Crippen molar-refractivity contribution >= 4 is 17.5 Å². The molecule has 0 aliphatic carbocycles. The number of benzene rings is 1. The van der Waals surface area contributed by atoms with Crippen LogP contribution in [0.15, 0.2) is 36.7 Å². The van der Waals surface area contributed by atoms with Gasteiger partial charge >= 0.3 is 6.36 Å². The highest BCUT2D eigenvalue weighted by Crippen LogP contribution is 2.27. The molecule has 0 spiro atoms. The number of halogens is 3. The van der Waals surface area contributed by atoms with Crippen LogP contribution in [0.2, 0.25) is 0 Å². The Morgan fingerprint density at radius 1 is 1.38 bits per heavy atom. The molecule has 2 amide bonds. The molecule has 2 aromatic rings. The van der Waals surface area contributed by atoms with Gasteiger partial charge in [0.2, 0.25) is 11.8 Å². The van der Waals surface area contributed by atoms with Gasteiger partial charge in [0, 0.05) is 31.3 Å². The first-order valence-electron chi connectivity index (χ1n) is 7.74. The van der Waals surface area contributed by atoms with E-state index in [-0.39, 0.29) is 36.7 Å². The van der Waals surface area contributed by atoms with E-state index >= 15 is 0 Å². The summed E-state index contributed by atoms with van der Waals surface area (Å²) in [5.41, 5.74) is 0.753. The maximum atomic E-state index is 12.4. The number of rotatable bonds is 5. The molecule has 3 rings (SSSR count). The second-order valence-electron chi connectivity index (χ2n) is 5.74. The van der Waals surface area contributed by atoms with Gasteiger partial charge in [0.25, 0.3) is 0 Å². The lowest BCUT2D eigenvalue weighted by molar-refractivity contribution is -0.274. The third-order valence-corrected chi connectivity index (χ3v) is 3.94. The van der Waals surface area contributed by atoms with Crippen molar-refractivity contribution in [2.75, 3.05) is 11.4 Å². The van der Waals surface area contributed by atoms with Gasteiger partial charge in [-0.2, -0.15) is 5.10 Å². The van der Waals surface area contributed by atoms with Gasteiger partial charge in [0.1, 0.15) is 5.75 Å². The van der Waals surface area contributed by atoms with Crippen molar-refractivity contribution in [1.29, 1.82) is 0 Å². The maximum absolute atomic E-state index is 12.4. The van der Waals surface area contributed by atoms with Gasteiger partial charge in [-0.1, -0.05) is 18.2 Å². The summed E-state index contributed by atoms with van der Waals surface area (Å²) in [6, 6.07) is 5.56. The quantitative estimate of drug-likeness (QED) is 0.845. The molecule has 1 atom stereocenters. The van der Waals surface area contributed by atoms with Gasteiger partial charge in [-0.25, -0.2) is 0 Å². The molecule has 2 N–H and O–H groups in total. The van der Waals surface area contributed by atoms with Crippen LogP contribution in [0.5, 0.6) is 5.75 Å². The maximum Gasteiger partial charge on any atom is 0.573 e. The highest BCUT2D eigenvalue weighted by molar-refractivity contribution is 6.00. The second kappa shape index (κ2) is 7.06. The van der Waals surface area contributed by atoms with Crippen LogP contribution in [0, 0.1) is 5.92 Å². The lowest BCUT2D eigenvalue weighted by atomic mass is 10.1. The number of alkyl halides is 3. The second-order valence-corrected chi connectivity index (χ2v) is 5.74. The van der Waals surface area contributed by atoms with Crippen LogP contribution in [0.1, 0.15) is 12.0 Å². The molecule has 1 saturated heterocycles. The van der Waals surface area contributed by atoms with Crippen molar-refractivity contribution in [3.63, 3.8) is 0 Å². The zero-order chi connectivity index (χ0) is 18.7. The molecule has 1 aromatic carbocycles. The summed E-state index contributed by atoms with van der Waals surface area (Å²) in [6.07, 6.45) is -1.77. The number of anilines is 1. The summed E-state index contributed by atoms with van der Waals surface area (Å²) < 4.78 is 41.2. The fourth-order valence-corrected chi connectivity index (χ4v) is 2.73. The summed E-state index contributed by atoms with van der Waals surface area (Å²) in [6.45, 7) is 0.0480. The average molecular weight is 368 g/mol. The molecule has 0 unspecified atom stereocenters. The van der Waals surface area contributed by atoms with E-state index < -0.39 is 18.2 Å². The van der Waals surface area contributed by atoms with Gasteiger partial charge in [0.15, 0.2) is 0 Å². The standard InChI is InChI=1S/C16H15F3N4O3/c17-16(18,19)26-13-4-2-1-3-10(13)6-20-15(25)11-5-14(24)23(9-11)12-7-21-22-8-12/h1-4,7-8,11H,5-6,9H2,(H,20,25)(H,21,22)/t11-/m1/s1. The van der Waals surface area contributed by atoms with E-state index in [9.17, 15) is 22.8 Å². The molecular formula is C16H15F3N4O3. The SMILES string of the molecule is O=C(NCc1ccccc1OC(F)(F)F)[C@@H]1CC(=O)N(c2cn[nH]c2)C1. The van der Waals surface area contributed by atoms with Gasteiger partial charge in [0.05, 0.1) is 17.8 Å². The fraction of sp³-hybridized carbons (Fsp3) is 0.312. The number of hydrogen-bond acceptors (Lipinski definition) is 4. The molecule has 1 aliphatic heterocycles. The molecule has 138 valence electrons.